The van der Waals surface area contributed by atoms with Crippen molar-refractivity contribution in [2.75, 3.05) is 0 Å². The first-order chi connectivity index (χ1) is 16.1. The van der Waals surface area contributed by atoms with Crippen LogP contribution in [-0.2, 0) is 24.5 Å². The molecule has 3 aromatic rings. The molecule has 33 heavy (non-hydrogen) atoms. The quantitative estimate of drug-likeness (QED) is 0.353. The molecule has 4 rings (SSSR count). The van der Waals surface area contributed by atoms with Crippen molar-refractivity contribution >= 4 is 17.3 Å². The lowest BCUT2D eigenvalue weighted by atomic mass is 9.96. The Balaban J connectivity index is 1.35. The van der Waals surface area contributed by atoms with Gasteiger partial charge in [0.15, 0.2) is 0 Å². The van der Waals surface area contributed by atoms with Crippen LogP contribution < -0.4 is 4.74 Å². The molecule has 1 fully saturated rings. The van der Waals surface area contributed by atoms with E-state index in [1.807, 2.05) is 24.3 Å². The van der Waals surface area contributed by atoms with Crippen LogP contribution in [0, 0.1) is 11.8 Å². The van der Waals surface area contributed by atoms with Gasteiger partial charge in [-0.3, -0.25) is 9.69 Å². The minimum absolute atomic E-state index is 0.00186. The zero-order valence-corrected chi connectivity index (χ0v) is 19.7. The zero-order chi connectivity index (χ0) is 23.0. The number of carboxylic acids is 1. The molecular weight excluding hydrogens is 430 g/mol. The van der Waals surface area contributed by atoms with Crippen LogP contribution in [0.3, 0.4) is 0 Å². The molecule has 2 aromatic carbocycles. The maximum absolute atomic E-state index is 11.1. The Morgan fingerprint density at radius 2 is 1.88 bits per heavy atom. The molecule has 0 unspecified atom stereocenters. The van der Waals surface area contributed by atoms with Gasteiger partial charge in [0.2, 0.25) is 0 Å². The first-order valence-electron chi connectivity index (χ1n) is 11.3. The molecule has 5 heteroatoms. The van der Waals surface area contributed by atoms with Gasteiger partial charge in [-0.2, -0.15) is 11.3 Å². The molecule has 1 N–H and O–H groups in total. The molecule has 1 aliphatic rings. The SMILES string of the molecule is CC#C[C@@H](CC(=O)O)c1ccc(OCc2cccc(CN(Cc3ccsc3)C3CC3)c2)cc1. The lowest BCUT2D eigenvalue weighted by molar-refractivity contribution is -0.137. The second kappa shape index (κ2) is 11.2. The fraction of sp³-hybridized carbons (Fsp3) is 0.321. The van der Waals surface area contributed by atoms with Gasteiger partial charge in [-0.1, -0.05) is 42.3 Å². The van der Waals surface area contributed by atoms with E-state index in [-0.39, 0.29) is 12.3 Å². The number of ether oxygens (including phenoxy) is 1. The summed E-state index contributed by atoms with van der Waals surface area (Å²) in [6, 6.07) is 19.1. The number of hydrogen-bond donors (Lipinski definition) is 1. The Hall–Kier alpha value is -3.07. The van der Waals surface area contributed by atoms with Crippen LogP contribution in [0.5, 0.6) is 5.75 Å². The maximum Gasteiger partial charge on any atom is 0.304 e. The number of thiophene rings is 1. The van der Waals surface area contributed by atoms with Crippen molar-refractivity contribution in [1.29, 1.82) is 0 Å². The van der Waals surface area contributed by atoms with Gasteiger partial charge >= 0.3 is 5.97 Å². The molecule has 1 atom stereocenters. The van der Waals surface area contributed by atoms with E-state index in [0.717, 1.165) is 30.0 Å². The summed E-state index contributed by atoms with van der Waals surface area (Å²) in [5, 5.41) is 13.5. The van der Waals surface area contributed by atoms with Gasteiger partial charge in [-0.25, -0.2) is 0 Å². The first kappa shape index (κ1) is 23.1. The molecule has 0 spiro atoms. The zero-order valence-electron chi connectivity index (χ0n) is 18.9. The van der Waals surface area contributed by atoms with Crippen LogP contribution in [0.1, 0.15) is 54.4 Å². The molecule has 1 aliphatic carbocycles. The fourth-order valence-corrected chi connectivity index (χ4v) is 4.65. The summed E-state index contributed by atoms with van der Waals surface area (Å²) >= 11 is 1.76. The van der Waals surface area contributed by atoms with Crippen molar-refractivity contribution in [3.05, 3.63) is 87.6 Å². The molecule has 0 amide bonds. The number of benzene rings is 2. The Morgan fingerprint density at radius 1 is 1.12 bits per heavy atom. The Kier molecular flexibility index (Phi) is 7.83. The van der Waals surface area contributed by atoms with Gasteiger partial charge in [0.25, 0.3) is 0 Å². The summed E-state index contributed by atoms with van der Waals surface area (Å²) in [4.78, 5) is 13.7. The van der Waals surface area contributed by atoms with Gasteiger partial charge in [0, 0.05) is 19.1 Å². The number of hydrogen-bond acceptors (Lipinski definition) is 4. The van der Waals surface area contributed by atoms with E-state index in [1.54, 1.807) is 18.3 Å². The Morgan fingerprint density at radius 3 is 2.55 bits per heavy atom. The van der Waals surface area contributed by atoms with Crippen molar-refractivity contribution in [1.82, 2.24) is 4.90 Å². The largest absolute Gasteiger partial charge is 0.489 e. The summed E-state index contributed by atoms with van der Waals surface area (Å²) in [7, 11) is 0. The summed E-state index contributed by atoms with van der Waals surface area (Å²) in [6.45, 7) is 4.18. The fourth-order valence-electron chi connectivity index (χ4n) is 3.99. The second-order valence-electron chi connectivity index (χ2n) is 8.49. The second-order valence-corrected chi connectivity index (χ2v) is 9.27. The topological polar surface area (TPSA) is 49.8 Å². The van der Waals surface area contributed by atoms with E-state index >= 15 is 0 Å². The van der Waals surface area contributed by atoms with Crippen LogP contribution in [0.4, 0.5) is 0 Å². The van der Waals surface area contributed by atoms with Crippen molar-refractivity contribution in [3.63, 3.8) is 0 Å². The Bertz CT molecular complexity index is 1110. The minimum Gasteiger partial charge on any atom is -0.489 e. The molecule has 1 aromatic heterocycles. The molecule has 170 valence electrons. The third-order valence-electron chi connectivity index (χ3n) is 5.79. The highest BCUT2D eigenvalue weighted by Crippen LogP contribution is 2.30. The molecule has 1 saturated carbocycles. The van der Waals surface area contributed by atoms with Crippen LogP contribution >= 0.6 is 11.3 Å². The van der Waals surface area contributed by atoms with Crippen molar-refractivity contribution in [2.45, 2.75) is 57.8 Å². The lowest BCUT2D eigenvalue weighted by Gasteiger charge is -2.22. The van der Waals surface area contributed by atoms with Gasteiger partial charge in [-0.15, -0.1) is 5.92 Å². The highest BCUT2D eigenvalue weighted by Gasteiger charge is 2.29. The van der Waals surface area contributed by atoms with Crippen molar-refractivity contribution in [3.8, 4) is 17.6 Å². The molecule has 0 radical (unpaired) electrons. The van der Waals surface area contributed by atoms with Crippen LogP contribution in [0.25, 0.3) is 0 Å². The lowest BCUT2D eigenvalue weighted by Crippen LogP contribution is -2.24. The van der Waals surface area contributed by atoms with Gasteiger partial charge < -0.3 is 9.84 Å². The van der Waals surface area contributed by atoms with E-state index in [1.165, 1.54) is 24.0 Å². The number of carbonyl (C=O) groups is 1. The van der Waals surface area contributed by atoms with E-state index in [2.05, 4.69) is 57.8 Å². The first-order valence-corrected chi connectivity index (χ1v) is 12.2. The Labute approximate surface area is 199 Å². The maximum atomic E-state index is 11.1. The number of rotatable bonds is 11. The number of carboxylic acid groups (broad SMARTS) is 1. The van der Waals surface area contributed by atoms with Crippen LogP contribution in [0.15, 0.2) is 65.4 Å². The summed E-state index contributed by atoms with van der Waals surface area (Å²) in [6.07, 6.45) is 2.58. The summed E-state index contributed by atoms with van der Waals surface area (Å²) in [5.74, 6) is 5.42. The smallest absolute Gasteiger partial charge is 0.304 e. The van der Waals surface area contributed by atoms with E-state index in [4.69, 9.17) is 9.84 Å². The summed E-state index contributed by atoms with van der Waals surface area (Å²) in [5.41, 5.74) is 4.74. The predicted molar refractivity (Wildman–Crippen MR) is 132 cm³/mol. The van der Waals surface area contributed by atoms with E-state index in [0.29, 0.717) is 12.6 Å². The van der Waals surface area contributed by atoms with Gasteiger partial charge in [-0.05, 0) is 71.0 Å². The number of nitrogens with zero attached hydrogens (tertiary/aromatic N) is 1. The monoisotopic (exact) mass is 459 g/mol. The third-order valence-corrected chi connectivity index (χ3v) is 6.52. The average Bonchev–Trinajstić information content (AvgIpc) is 3.54. The molecule has 1 heterocycles. The predicted octanol–water partition coefficient (Wildman–Crippen LogP) is 6.07. The molecule has 4 nitrogen and oxygen atoms in total. The third kappa shape index (κ3) is 6.95. The normalized spacial score (nSPS) is 13.9. The average molecular weight is 460 g/mol. The molecule has 0 bridgehead atoms. The van der Waals surface area contributed by atoms with Crippen molar-refractivity contribution in [2.24, 2.45) is 0 Å². The van der Waals surface area contributed by atoms with Crippen LogP contribution in [-0.4, -0.2) is 22.0 Å². The van der Waals surface area contributed by atoms with E-state index < -0.39 is 5.97 Å². The molecule has 0 aliphatic heterocycles. The van der Waals surface area contributed by atoms with Crippen LogP contribution in [0.2, 0.25) is 0 Å². The summed E-state index contributed by atoms with van der Waals surface area (Å²) < 4.78 is 6.01. The number of aliphatic carboxylic acids is 1. The van der Waals surface area contributed by atoms with Gasteiger partial charge in [0.05, 0.1) is 12.3 Å². The highest BCUT2D eigenvalue weighted by molar-refractivity contribution is 7.07. The van der Waals surface area contributed by atoms with Crippen molar-refractivity contribution < 1.29 is 14.6 Å². The highest BCUT2D eigenvalue weighted by atomic mass is 32.1. The molecule has 0 saturated heterocycles. The van der Waals surface area contributed by atoms with Gasteiger partial charge in [0.1, 0.15) is 12.4 Å². The standard InChI is InChI=1S/C28H29NO3S/c1-2-4-25(16-28(30)31)24-7-11-27(12-8-24)32-19-22-6-3-5-21(15-22)17-29(26-9-10-26)18-23-13-14-33-20-23/h3,5-8,11-15,20,25-26H,9-10,16-19H2,1H3,(H,30,31)/t25-/m0/s1. The minimum atomic E-state index is -0.849. The van der Waals surface area contributed by atoms with E-state index in [9.17, 15) is 4.79 Å². The molecular formula is C28H29NO3S.